The molecule has 2 heterocycles. The average molecular weight is 332 g/mol. The highest BCUT2D eigenvalue weighted by Crippen LogP contribution is 2.34. The summed E-state index contributed by atoms with van der Waals surface area (Å²) < 4.78 is 13.3. The van der Waals surface area contributed by atoms with Crippen molar-refractivity contribution in [2.75, 3.05) is 5.32 Å². The number of hydrogen-bond donors (Lipinski definition) is 2. The number of benzene rings is 2. The predicted molar refractivity (Wildman–Crippen MR) is 97.9 cm³/mol. The van der Waals surface area contributed by atoms with Gasteiger partial charge in [-0.3, -0.25) is 0 Å². The highest BCUT2D eigenvalue weighted by Gasteiger charge is 2.22. The minimum absolute atomic E-state index is 0.0564. The zero-order chi connectivity index (χ0) is 17.2. The van der Waals surface area contributed by atoms with E-state index < -0.39 is 0 Å². The van der Waals surface area contributed by atoms with Crippen molar-refractivity contribution in [1.82, 2.24) is 4.98 Å². The van der Waals surface area contributed by atoms with E-state index in [0.717, 1.165) is 22.5 Å². The summed E-state index contributed by atoms with van der Waals surface area (Å²) in [5, 5.41) is 4.73. The van der Waals surface area contributed by atoms with E-state index in [2.05, 4.69) is 40.4 Å². The van der Waals surface area contributed by atoms with Crippen molar-refractivity contribution >= 4 is 16.6 Å². The van der Waals surface area contributed by atoms with Crippen LogP contribution < -0.4 is 10.3 Å². The zero-order valence-electron chi connectivity index (χ0n) is 13.9. The van der Waals surface area contributed by atoms with Crippen molar-refractivity contribution in [3.63, 3.8) is 0 Å². The van der Waals surface area contributed by atoms with Gasteiger partial charge in [0.25, 0.3) is 0 Å². The molecule has 0 saturated carbocycles. The molecule has 124 valence electrons. The third-order valence-electron chi connectivity index (χ3n) is 4.45. The minimum Gasteiger partial charge on any atom is -0.374 e. The summed E-state index contributed by atoms with van der Waals surface area (Å²) >= 11 is 0. The number of fused-ring (bicyclic) bond motifs is 1. The van der Waals surface area contributed by atoms with Crippen LogP contribution in [0, 0.1) is 12.7 Å². The van der Waals surface area contributed by atoms with Gasteiger partial charge in [0.1, 0.15) is 5.82 Å². The van der Waals surface area contributed by atoms with Gasteiger partial charge in [0.15, 0.2) is 12.4 Å². The predicted octanol–water partition coefficient (Wildman–Crippen LogP) is 4.63. The molecule has 2 aromatic heterocycles. The van der Waals surface area contributed by atoms with Gasteiger partial charge in [-0.2, -0.15) is 0 Å². The SMILES string of the molecule is Cc1[nH]c2ccccc2c1C(Nc1ccc(F)cc1)c1ccc[nH+]c1. The fourth-order valence-corrected chi connectivity index (χ4v) is 3.29. The van der Waals surface area contributed by atoms with Crippen LogP contribution in [-0.4, -0.2) is 4.98 Å². The normalized spacial score (nSPS) is 12.2. The molecule has 4 heteroatoms. The Labute approximate surface area is 145 Å². The lowest BCUT2D eigenvalue weighted by Crippen LogP contribution is -2.15. The fraction of sp³-hybridized carbons (Fsp3) is 0.0952. The molecular formula is C21H19FN3+. The van der Waals surface area contributed by atoms with Crippen molar-refractivity contribution in [1.29, 1.82) is 0 Å². The van der Waals surface area contributed by atoms with E-state index in [-0.39, 0.29) is 11.9 Å². The number of hydrogen-bond acceptors (Lipinski definition) is 1. The minimum atomic E-state index is -0.238. The summed E-state index contributed by atoms with van der Waals surface area (Å²) in [4.78, 5) is 6.62. The number of pyridine rings is 1. The van der Waals surface area contributed by atoms with E-state index in [1.165, 1.54) is 23.1 Å². The molecule has 3 N–H and O–H groups in total. The lowest BCUT2D eigenvalue weighted by Gasteiger charge is -2.20. The summed E-state index contributed by atoms with van der Waals surface area (Å²) in [5.74, 6) is -0.238. The van der Waals surface area contributed by atoms with Crippen LogP contribution in [0.5, 0.6) is 0 Å². The van der Waals surface area contributed by atoms with Crippen LogP contribution >= 0.6 is 0 Å². The van der Waals surface area contributed by atoms with E-state index in [4.69, 9.17) is 0 Å². The topological polar surface area (TPSA) is 42.0 Å². The van der Waals surface area contributed by atoms with Crippen LogP contribution in [0.3, 0.4) is 0 Å². The molecule has 0 radical (unpaired) electrons. The average Bonchev–Trinajstić information content (AvgIpc) is 2.98. The molecular weight excluding hydrogens is 313 g/mol. The quantitative estimate of drug-likeness (QED) is 0.562. The second-order valence-electron chi connectivity index (χ2n) is 6.13. The van der Waals surface area contributed by atoms with Gasteiger partial charge >= 0.3 is 0 Å². The van der Waals surface area contributed by atoms with Crippen molar-refractivity contribution in [2.45, 2.75) is 13.0 Å². The Bertz CT molecular complexity index is 991. The van der Waals surface area contributed by atoms with Crippen LogP contribution in [0.2, 0.25) is 0 Å². The number of aromatic nitrogens is 2. The van der Waals surface area contributed by atoms with Crippen molar-refractivity contribution in [3.8, 4) is 0 Å². The van der Waals surface area contributed by atoms with E-state index in [1.807, 2.05) is 30.6 Å². The van der Waals surface area contributed by atoms with Gasteiger partial charge in [-0.1, -0.05) is 18.2 Å². The highest BCUT2D eigenvalue weighted by atomic mass is 19.1. The largest absolute Gasteiger partial charge is 0.374 e. The number of aromatic amines is 2. The molecule has 0 spiro atoms. The van der Waals surface area contributed by atoms with Crippen LogP contribution in [-0.2, 0) is 0 Å². The standard InChI is InChI=1S/C21H18FN3/c1-14-20(18-6-2-3-7-19(18)24-14)21(15-5-4-12-23-13-15)25-17-10-8-16(22)9-11-17/h2-13,21,24-25H,1H3/p+1. The molecule has 3 nitrogen and oxygen atoms in total. The summed E-state index contributed by atoms with van der Waals surface area (Å²) in [6.45, 7) is 2.08. The Morgan fingerprint density at radius 2 is 1.80 bits per heavy atom. The first-order chi connectivity index (χ1) is 12.2. The molecule has 0 fully saturated rings. The number of para-hydroxylation sites is 1. The number of rotatable bonds is 4. The van der Waals surface area contributed by atoms with Crippen molar-refractivity contribution < 1.29 is 9.37 Å². The molecule has 4 aromatic rings. The van der Waals surface area contributed by atoms with E-state index in [0.29, 0.717) is 0 Å². The second kappa shape index (κ2) is 6.40. The first-order valence-electron chi connectivity index (χ1n) is 8.28. The molecule has 25 heavy (non-hydrogen) atoms. The Kier molecular flexibility index (Phi) is 3.94. The Morgan fingerprint density at radius 1 is 1.00 bits per heavy atom. The summed E-state index contributed by atoms with van der Waals surface area (Å²) in [6.07, 6.45) is 3.88. The van der Waals surface area contributed by atoms with Crippen LogP contribution in [0.4, 0.5) is 10.1 Å². The first kappa shape index (κ1) is 15.4. The number of nitrogens with one attached hydrogen (secondary N) is 3. The van der Waals surface area contributed by atoms with Gasteiger partial charge in [0.2, 0.25) is 0 Å². The van der Waals surface area contributed by atoms with Crippen LogP contribution in [0.15, 0.2) is 73.1 Å². The molecule has 0 aliphatic carbocycles. The number of halogens is 1. The third-order valence-corrected chi connectivity index (χ3v) is 4.45. The van der Waals surface area contributed by atoms with Crippen LogP contribution in [0.1, 0.15) is 22.9 Å². The molecule has 0 bridgehead atoms. The third kappa shape index (κ3) is 2.98. The lowest BCUT2D eigenvalue weighted by atomic mass is 9.97. The summed E-state index contributed by atoms with van der Waals surface area (Å²) in [5.41, 5.74) is 5.41. The first-order valence-corrected chi connectivity index (χ1v) is 8.28. The van der Waals surface area contributed by atoms with Gasteiger partial charge in [0.05, 0.1) is 6.04 Å². The molecule has 0 saturated heterocycles. The molecule has 2 aromatic carbocycles. The van der Waals surface area contributed by atoms with Gasteiger partial charge in [-0.15, -0.1) is 0 Å². The maximum atomic E-state index is 13.3. The molecule has 4 rings (SSSR count). The Morgan fingerprint density at radius 3 is 2.56 bits per heavy atom. The number of anilines is 1. The van der Waals surface area contributed by atoms with Crippen molar-refractivity contribution in [2.24, 2.45) is 0 Å². The smallest absolute Gasteiger partial charge is 0.172 e. The van der Waals surface area contributed by atoms with Crippen molar-refractivity contribution in [3.05, 3.63) is 95.7 Å². The second-order valence-corrected chi connectivity index (χ2v) is 6.13. The van der Waals surface area contributed by atoms with Gasteiger partial charge < -0.3 is 10.3 Å². The lowest BCUT2D eigenvalue weighted by molar-refractivity contribution is -0.378. The zero-order valence-corrected chi connectivity index (χ0v) is 13.9. The Hall–Kier alpha value is -3.14. The van der Waals surface area contributed by atoms with E-state index >= 15 is 0 Å². The Balaban J connectivity index is 1.85. The summed E-state index contributed by atoms with van der Waals surface area (Å²) in [7, 11) is 0. The van der Waals surface area contributed by atoms with Crippen LogP contribution in [0.25, 0.3) is 10.9 Å². The molecule has 0 amide bonds. The number of H-pyrrole nitrogens is 2. The molecule has 0 aliphatic rings. The van der Waals surface area contributed by atoms with Gasteiger partial charge in [-0.25, -0.2) is 9.37 Å². The van der Waals surface area contributed by atoms with E-state index in [9.17, 15) is 4.39 Å². The molecule has 1 unspecified atom stereocenters. The fourth-order valence-electron chi connectivity index (χ4n) is 3.29. The molecule has 1 atom stereocenters. The maximum absolute atomic E-state index is 13.3. The van der Waals surface area contributed by atoms with Gasteiger partial charge in [-0.05, 0) is 43.3 Å². The van der Waals surface area contributed by atoms with E-state index in [1.54, 1.807) is 12.1 Å². The van der Waals surface area contributed by atoms with Gasteiger partial charge in [0, 0.05) is 39.5 Å². The summed E-state index contributed by atoms with van der Waals surface area (Å²) in [6, 6.07) is 18.8. The number of aryl methyl sites for hydroxylation is 1. The molecule has 0 aliphatic heterocycles. The monoisotopic (exact) mass is 332 g/mol. The maximum Gasteiger partial charge on any atom is 0.172 e. The highest BCUT2D eigenvalue weighted by molar-refractivity contribution is 5.86.